The summed E-state index contributed by atoms with van der Waals surface area (Å²) in [7, 11) is 0. The highest BCUT2D eigenvalue weighted by molar-refractivity contribution is 5.75. The van der Waals surface area contributed by atoms with E-state index in [0.717, 1.165) is 38.5 Å². The minimum atomic E-state index is -0.675. The van der Waals surface area contributed by atoms with Crippen molar-refractivity contribution in [2.45, 2.75) is 72.3 Å². The Labute approximate surface area is 156 Å². The van der Waals surface area contributed by atoms with Crippen LogP contribution in [-0.4, -0.2) is 23.1 Å². The topological polar surface area (TPSA) is 63.6 Å². The predicted octanol–water partition coefficient (Wildman–Crippen LogP) is 4.75. The van der Waals surface area contributed by atoms with Crippen molar-refractivity contribution in [2.24, 2.45) is 28.1 Å². The molecule has 0 spiro atoms. The van der Waals surface area contributed by atoms with Crippen molar-refractivity contribution in [1.82, 2.24) is 0 Å². The first-order valence-corrected chi connectivity index (χ1v) is 9.80. The summed E-state index contributed by atoms with van der Waals surface area (Å²) >= 11 is 0. The van der Waals surface area contributed by atoms with Gasteiger partial charge in [-0.3, -0.25) is 9.59 Å². The lowest BCUT2D eigenvalue weighted by atomic mass is 9.45. The molecule has 0 aromatic heterocycles. The van der Waals surface area contributed by atoms with Crippen molar-refractivity contribution >= 4 is 11.9 Å². The molecule has 0 saturated heterocycles. The molecule has 26 heavy (non-hydrogen) atoms. The Balaban J connectivity index is 2.01. The van der Waals surface area contributed by atoms with Gasteiger partial charge in [0.05, 0.1) is 5.41 Å². The molecule has 6 atom stereocenters. The third kappa shape index (κ3) is 2.73. The second kappa shape index (κ2) is 6.24. The minimum Gasteiger partial charge on any atom is -0.481 e. The van der Waals surface area contributed by atoms with Crippen LogP contribution in [0, 0.1) is 28.1 Å². The first-order valence-electron chi connectivity index (χ1n) is 9.80. The maximum absolute atomic E-state index is 12.1. The molecule has 1 N–H and O–H groups in total. The van der Waals surface area contributed by atoms with Crippen LogP contribution < -0.4 is 0 Å². The highest BCUT2D eigenvalue weighted by Gasteiger charge is 2.59. The van der Waals surface area contributed by atoms with Gasteiger partial charge in [0.25, 0.3) is 0 Å². The molecule has 0 aromatic rings. The van der Waals surface area contributed by atoms with Crippen molar-refractivity contribution in [2.75, 3.05) is 0 Å². The molecule has 0 aromatic carbocycles. The number of aliphatic carboxylic acids is 1. The number of allylic oxidation sites excluding steroid dienone is 2. The lowest BCUT2D eigenvalue weighted by Crippen LogP contribution is -2.55. The highest BCUT2D eigenvalue weighted by Crippen LogP contribution is 2.64. The average Bonchev–Trinajstić information content (AvgIpc) is 2.55. The second-order valence-electron chi connectivity index (χ2n) is 9.42. The van der Waals surface area contributed by atoms with Gasteiger partial charge in [-0.25, -0.2) is 0 Å². The van der Waals surface area contributed by atoms with E-state index in [9.17, 15) is 14.7 Å². The van der Waals surface area contributed by atoms with Crippen molar-refractivity contribution in [3.63, 3.8) is 0 Å². The van der Waals surface area contributed by atoms with E-state index in [0.29, 0.717) is 0 Å². The van der Waals surface area contributed by atoms with Crippen molar-refractivity contribution in [3.05, 3.63) is 24.3 Å². The molecule has 0 radical (unpaired) electrons. The van der Waals surface area contributed by atoms with Crippen LogP contribution in [0.1, 0.15) is 66.2 Å². The van der Waals surface area contributed by atoms with Gasteiger partial charge < -0.3 is 9.84 Å². The number of hydrogen-bond acceptors (Lipinski definition) is 3. The van der Waals surface area contributed by atoms with Gasteiger partial charge in [-0.1, -0.05) is 38.0 Å². The lowest BCUT2D eigenvalue weighted by molar-refractivity contribution is -0.167. The van der Waals surface area contributed by atoms with E-state index in [-0.39, 0.29) is 34.7 Å². The number of carbonyl (C=O) groups is 2. The molecule has 3 aliphatic rings. The molecule has 2 fully saturated rings. The molecule has 0 heterocycles. The first kappa shape index (κ1) is 19.2. The lowest BCUT2D eigenvalue weighted by Gasteiger charge is -2.59. The zero-order chi connectivity index (χ0) is 19.3. The molecule has 0 aliphatic heterocycles. The summed E-state index contributed by atoms with van der Waals surface area (Å²) in [6.07, 6.45) is 9.17. The maximum Gasteiger partial charge on any atom is 0.309 e. The molecule has 3 aliphatic carbocycles. The number of esters is 1. The summed E-state index contributed by atoms with van der Waals surface area (Å²) in [5.41, 5.74) is 0.410. The fourth-order valence-corrected chi connectivity index (χ4v) is 6.19. The SMILES string of the molecule is C=C[C@]1(C)CC2=CC[C@@H]3[C@@](C)(CCC[C@@]3(C)C(=O)O)[C@@H]2C[C@@H]1OC(C)=O. The number of carboxylic acids is 1. The third-order valence-corrected chi connectivity index (χ3v) is 7.87. The molecule has 4 nitrogen and oxygen atoms in total. The second-order valence-corrected chi connectivity index (χ2v) is 9.42. The standard InChI is InChI=1S/C22H32O4/c1-6-20(3)13-15-8-9-17-21(4,10-7-11-22(17,5)19(24)25)16(15)12-18(20)26-14(2)23/h6,8,16-18H,1,7,9-13H2,2-5H3,(H,24,25)/t16-,17-,18+,20-,21+,22-/m1/s1. The van der Waals surface area contributed by atoms with Gasteiger partial charge in [0.15, 0.2) is 0 Å². The Bertz CT molecular complexity index is 665. The Hall–Kier alpha value is -1.58. The zero-order valence-corrected chi connectivity index (χ0v) is 16.5. The van der Waals surface area contributed by atoms with E-state index in [2.05, 4.69) is 26.5 Å². The maximum atomic E-state index is 12.1. The Morgan fingerprint density at radius 2 is 2.00 bits per heavy atom. The largest absolute Gasteiger partial charge is 0.481 e. The molecule has 0 unspecified atom stereocenters. The Morgan fingerprint density at radius 1 is 1.31 bits per heavy atom. The summed E-state index contributed by atoms with van der Waals surface area (Å²) in [6, 6.07) is 0. The van der Waals surface area contributed by atoms with E-state index in [1.54, 1.807) is 0 Å². The fraction of sp³-hybridized carbons (Fsp3) is 0.727. The zero-order valence-electron chi connectivity index (χ0n) is 16.5. The first-order chi connectivity index (χ1) is 12.1. The van der Waals surface area contributed by atoms with Crippen LogP contribution in [0.15, 0.2) is 24.3 Å². The van der Waals surface area contributed by atoms with Crippen LogP contribution in [-0.2, 0) is 14.3 Å². The smallest absolute Gasteiger partial charge is 0.309 e. The van der Waals surface area contributed by atoms with Crippen molar-refractivity contribution < 1.29 is 19.4 Å². The van der Waals surface area contributed by atoms with E-state index in [1.807, 2.05) is 13.0 Å². The summed E-state index contributed by atoms with van der Waals surface area (Å²) in [4.78, 5) is 23.8. The third-order valence-electron chi connectivity index (χ3n) is 7.87. The van der Waals surface area contributed by atoms with Crippen LogP contribution >= 0.6 is 0 Å². The number of hydrogen-bond donors (Lipinski definition) is 1. The van der Waals surface area contributed by atoms with Crippen molar-refractivity contribution in [3.8, 4) is 0 Å². The molecule has 3 rings (SSSR count). The van der Waals surface area contributed by atoms with Gasteiger partial charge in [-0.05, 0) is 56.3 Å². The van der Waals surface area contributed by atoms with Gasteiger partial charge in [0.2, 0.25) is 0 Å². The average molecular weight is 360 g/mol. The summed E-state index contributed by atoms with van der Waals surface area (Å²) in [5.74, 6) is -0.528. The fourth-order valence-electron chi connectivity index (χ4n) is 6.19. The number of ether oxygens (including phenoxy) is 1. The molecule has 0 amide bonds. The molecule has 4 heteroatoms. The van der Waals surface area contributed by atoms with Gasteiger partial charge in [-0.15, -0.1) is 6.58 Å². The van der Waals surface area contributed by atoms with Crippen LogP contribution in [0.25, 0.3) is 0 Å². The van der Waals surface area contributed by atoms with Gasteiger partial charge in [0.1, 0.15) is 6.10 Å². The molecular formula is C22H32O4. The van der Waals surface area contributed by atoms with E-state index >= 15 is 0 Å². The monoisotopic (exact) mass is 360 g/mol. The van der Waals surface area contributed by atoms with Crippen LogP contribution in [0.5, 0.6) is 0 Å². The quantitative estimate of drug-likeness (QED) is 0.583. The Morgan fingerprint density at radius 3 is 2.58 bits per heavy atom. The van der Waals surface area contributed by atoms with Gasteiger partial charge in [0, 0.05) is 12.3 Å². The molecule has 0 bridgehead atoms. The van der Waals surface area contributed by atoms with E-state index in [1.165, 1.54) is 12.5 Å². The van der Waals surface area contributed by atoms with Gasteiger partial charge >= 0.3 is 11.9 Å². The summed E-state index contributed by atoms with van der Waals surface area (Å²) in [5, 5.41) is 9.94. The minimum absolute atomic E-state index is 0.0592. The number of carboxylic acid groups (broad SMARTS) is 1. The van der Waals surface area contributed by atoms with Crippen molar-refractivity contribution in [1.29, 1.82) is 0 Å². The van der Waals surface area contributed by atoms with Crippen LogP contribution in [0.3, 0.4) is 0 Å². The highest BCUT2D eigenvalue weighted by atomic mass is 16.5. The number of rotatable bonds is 3. The summed E-state index contributed by atoms with van der Waals surface area (Å²) < 4.78 is 5.72. The molecule has 144 valence electrons. The molecular weight excluding hydrogens is 328 g/mol. The normalized spacial score (nSPS) is 44.9. The number of fused-ring (bicyclic) bond motifs is 3. The molecule has 2 saturated carbocycles. The predicted molar refractivity (Wildman–Crippen MR) is 100 cm³/mol. The van der Waals surface area contributed by atoms with E-state index < -0.39 is 11.4 Å². The summed E-state index contributed by atoms with van der Waals surface area (Å²) in [6.45, 7) is 11.8. The van der Waals surface area contributed by atoms with Gasteiger partial charge in [-0.2, -0.15) is 0 Å². The number of carbonyl (C=O) groups excluding carboxylic acids is 1. The van der Waals surface area contributed by atoms with Crippen LogP contribution in [0.2, 0.25) is 0 Å². The van der Waals surface area contributed by atoms with Crippen LogP contribution in [0.4, 0.5) is 0 Å². The Kier molecular flexibility index (Phi) is 4.61. The van der Waals surface area contributed by atoms with E-state index in [4.69, 9.17) is 4.74 Å².